The molecule has 3 aromatic carbocycles. The van der Waals surface area contributed by atoms with E-state index in [2.05, 4.69) is 15.9 Å². The Labute approximate surface area is 166 Å². The summed E-state index contributed by atoms with van der Waals surface area (Å²) in [5.74, 6) is 0.596. The molecule has 27 heavy (non-hydrogen) atoms. The minimum absolute atomic E-state index is 0.106. The maximum Gasteiger partial charge on any atom is 0.262 e. The largest absolute Gasteiger partial charge is 0.490 e. The predicted octanol–water partition coefficient (Wildman–Crippen LogP) is 5.21. The lowest BCUT2D eigenvalue weighted by molar-refractivity contribution is 0.0999. The Morgan fingerprint density at radius 3 is 2.11 bits per heavy atom. The van der Waals surface area contributed by atoms with E-state index in [0.29, 0.717) is 17.9 Å². The van der Waals surface area contributed by atoms with Crippen LogP contribution in [-0.2, 0) is 4.74 Å². The van der Waals surface area contributed by atoms with E-state index in [4.69, 9.17) is 9.47 Å². The van der Waals surface area contributed by atoms with Gasteiger partial charge in [0.25, 0.3) is 5.91 Å². The van der Waals surface area contributed by atoms with Crippen molar-refractivity contribution in [2.45, 2.75) is 6.10 Å². The molecule has 5 heteroatoms. The van der Waals surface area contributed by atoms with Crippen molar-refractivity contribution >= 4 is 33.2 Å². The first-order valence-corrected chi connectivity index (χ1v) is 9.50. The number of hydrogen-bond donors (Lipinski definition) is 0. The lowest BCUT2D eigenvalue weighted by atomic mass is 10.1. The molecule has 1 amide bonds. The Morgan fingerprint density at radius 2 is 1.59 bits per heavy atom. The summed E-state index contributed by atoms with van der Waals surface area (Å²) in [5, 5.41) is 0. The van der Waals surface area contributed by atoms with Gasteiger partial charge in [0, 0.05) is 16.9 Å². The number of amides is 1. The summed E-state index contributed by atoms with van der Waals surface area (Å²) in [6.07, 6.45) is 0.185. The van der Waals surface area contributed by atoms with Crippen LogP contribution in [0.15, 0.2) is 83.3 Å². The molecule has 136 valence electrons. The van der Waals surface area contributed by atoms with Crippen LogP contribution >= 0.6 is 15.9 Å². The lowest BCUT2D eigenvalue weighted by Crippen LogP contribution is -2.25. The van der Waals surface area contributed by atoms with Crippen LogP contribution in [0.1, 0.15) is 10.4 Å². The van der Waals surface area contributed by atoms with E-state index in [1.54, 1.807) is 17.0 Å². The molecule has 1 fully saturated rings. The fourth-order valence-corrected chi connectivity index (χ4v) is 3.26. The molecule has 0 radical (unpaired) electrons. The molecule has 0 aliphatic carbocycles. The number of halogens is 1. The molecular weight excluding hydrogens is 406 g/mol. The first-order chi connectivity index (χ1) is 13.2. The molecule has 0 aromatic heterocycles. The van der Waals surface area contributed by atoms with Crippen LogP contribution in [0.5, 0.6) is 5.75 Å². The van der Waals surface area contributed by atoms with Crippen molar-refractivity contribution in [2.75, 3.05) is 18.1 Å². The second kappa shape index (κ2) is 7.94. The summed E-state index contributed by atoms with van der Waals surface area (Å²) < 4.78 is 11.6. The van der Waals surface area contributed by atoms with Gasteiger partial charge in [-0.15, -0.1) is 0 Å². The highest BCUT2D eigenvalue weighted by Crippen LogP contribution is 2.31. The molecule has 1 heterocycles. The quantitative estimate of drug-likeness (QED) is 0.511. The summed E-state index contributed by atoms with van der Waals surface area (Å²) in [6, 6.07) is 24.6. The second-order valence-electron chi connectivity index (χ2n) is 6.22. The molecule has 0 bridgehead atoms. The van der Waals surface area contributed by atoms with Crippen molar-refractivity contribution in [2.24, 2.45) is 0 Å². The third-order valence-electron chi connectivity index (χ3n) is 4.24. The van der Waals surface area contributed by atoms with E-state index in [-0.39, 0.29) is 12.0 Å². The van der Waals surface area contributed by atoms with Crippen molar-refractivity contribution in [3.05, 3.63) is 88.9 Å². The van der Waals surface area contributed by atoms with Gasteiger partial charge in [0.2, 0.25) is 0 Å². The third kappa shape index (κ3) is 4.21. The maximum atomic E-state index is 13.3. The minimum atomic E-state index is -0.106. The standard InChI is InChI=1S/C22H18BrNO3/c23-20-13-16(11-12-21(20)27-15-19-14-26-19)22(25)24(17-7-3-1-4-8-17)18-9-5-2-6-10-18/h1-13,19H,14-15H2. The third-order valence-corrected chi connectivity index (χ3v) is 4.86. The normalized spacial score (nSPS) is 15.2. The predicted molar refractivity (Wildman–Crippen MR) is 109 cm³/mol. The number of hydrogen-bond acceptors (Lipinski definition) is 3. The molecule has 0 spiro atoms. The number of nitrogens with zero attached hydrogens (tertiary/aromatic N) is 1. The van der Waals surface area contributed by atoms with Crippen LogP contribution in [0.4, 0.5) is 11.4 Å². The first kappa shape index (κ1) is 17.8. The van der Waals surface area contributed by atoms with Crippen molar-refractivity contribution in [1.29, 1.82) is 0 Å². The molecule has 1 aliphatic rings. The van der Waals surface area contributed by atoms with E-state index < -0.39 is 0 Å². The van der Waals surface area contributed by atoms with Gasteiger partial charge in [-0.25, -0.2) is 0 Å². The zero-order valence-corrected chi connectivity index (χ0v) is 16.1. The maximum absolute atomic E-state index is 13.3. The number of rotatable bonds is 6. The number of carbonyl (C=O) groups excluding carboxylic acids is 1. The highest BCUT2D eigenvalue weighted by atomic mass is 79.9. The van der Waals surface area contributed by atoms with Crippen LogP contribution in [0.2, 0.25) is 0 Å². The number of ether oxygens (including phenoxy) is 2. The van der Waals surface area contributed by atoms with Crippen molar-refractivity contribution in [3.8, 4) is 5.75 Å². The van der Waals surface area contributed by atoms with Gasteiger partial charge in [-0.2, -0.15) is 0 Å². The highest BCUT2D eigenvalue weighted by molar-refractivity contribution is 9.10. The molecule has 0 saturated carbocycles. The van der Waals surface area contributed by atoms with E-state index in [0.717, 1.165) is 22.5 Å². The molecule has 3 aromatic rings. The van der Waals surface area contributed by atoms with E-state index in [1.165, 1.54) is 0 Å². The summed E-state index contributed by atoms with van der Waals surface area (Å²) >= 11 is 3.51. The Bertz CT molecular complexity index is 887. The van der Waals surface area contributed by atoms with E-state index >= 15 is 0 Å². The molecular formula is C22H18BrNO3. The van der Waals surface area contributed by atoms with Gasteiger partial charge < -0.3 is 9.47 Å². The number of anilines is 2. The topological polar surface area (TPSA) is 42.1 Å². The van der Waals surface area contributed by atoms with Crippen molar-refractivity contribution in [1.82, 2.24) is 0 Å². The monoisotopic (exact) mass is 423 g/mol. The van der Waals surface area contributed by atoms with Gasteiger partial charge in [0.15, 0.2) is 0 Å². The Balaban J connectivity index is 1.64. The van der Waals surface area contributed by atoms with Gasteiger partial charge in [-0.1, -0.05) is 36.4 Å². The van der Waals surface area contributed by atoms with Gasteiger partial charge >= 0.3 is 0 Å². The van der Waals surface area contributed by atoms with E-state index in [9.17, 15) is 4.79 Å². The summed E-state index contributed by atoms with van der Waals surface area (Å²) in [7, 11) is 0. The lowest BCUT2D eigenvalue weighted by Gasteiger charge is -2.23. The van der Waals surface area contributed by atoms with Crippen LogP contribution in [0.25, 0.3) is 0 Å². The summed E-state index contributed by atoms with van der Waals surface area (Å²) in [6.45, 7) is 1.27. The van der Waals surface area contributed by atoms with Gasteiger partial charge in [0.05, 0.1) is 11.1 Å². The molecule has 1 aliphatic heterocycles. The van der Waals surface area contributed by atoms with Gasteiger partial charge in [-0.05, 0) is 58.4 Å². The molecule has 4 rings (SSSR count). The number of para-hydroxylation sites is 2. The summed E-state index contributed by atoms with van der Waals surface area (Å²) in [5.41, 5.74) is 2.21. The van der Waals surface area contributed by atoms with Gasteiger partial charge in [-0.3, -0.25) is 9.69 Å². The fourth-order valence-electron chi connectivity index (χ4n) is 2.76. The molecule has 0 N–H and O–H groups in total. The minimum Gasteiger partial charge on any atom is -0.490 e. The molecule has 4 nitrogen and oxygen atoms in total. The zero-order chi connectivity index (χ0) is 18.6. The number of carbonyl (C=O) groups is 1. The van der Waals surface area contributed by atoms with Crippen LogP contribution in [0, 0.1) is 0 Å². The first-order valence-electron chi connectivity index (χ1n) is 8.71. The fraction of sp³-hybridized carbons (Fsp3) is 0.136. The molecule has 1 saturated heterocycles. The highest BCUT2D eigenvalue weighted by Gasteiger charge is 2.24. The van der Waals surface area contributed by atoms with Gasteiger partial charge in [0.1, 0.15) is 18.5 Å². The average Bonchev–Trinajstić information content (AvgIpc) is 3.53. The Kier molecular flexibility index (Phi) is 5.23. The van der Waals surface area contributed by atoms with Crippen LogP contribution in [-0.4, -0.2) is 25.2 Å². The van der Waals surface area contributed by atoms with Crippen molar-refractivity contribution in [3.63, 3.8) is 0 Å². The summed E-state index contributed by atoms with van der Waals surface area (Å²) in [4.78, 5) is 15.0. The zero-order valence-electron chi connectivity index (χ0n) is 14.5. The van der Waals surface area contributed by atoms with Crippen LogP contribution in [0.3, 0.4) is 0 Å². The van der Waals surface area contributed by atoms with Crippen molar-refractivity contribution < 1.29 is 14.3 Å². The molecule has 1 atom stereocenters. The number of benzene rings is 3. The number of epoxide rings is 1. The average molecular weight is 424 g/mol. The second-order valence-corrected chi connectivity index (χ2v) is 7.08. The van der Waals surface area contributed by atoms with Crippen LogP contribution < -0.4 is 9.64 Å². The Hall–Kier alpha value is -2.63. The Morgan fingerprint density at radius 1 is 1.00 bits per heavy atom. The smallest absolute Gasteiger partial charge is 0.262 e. The SMILES string of the molecule is O=C(c1ccc(OCC2CO2)c(Br)c1)N(c1ccccc1)c1ccccc1. The molecule has 1 unspecified atom stereocenters. The van der Waals surface area contributed by atoms with E-state index in [1.807, 2.05) is 66.7 Å².